The van der Waals surface area contributed by atoms with Crippen LogP contribution in [0, 0.1) is 11.8 Å². The molecule has 2 atom stereocenters. The SMILES string of the molecule is CCCNC(CN1CCC(CC)C1)(C(=O)OCC)C1CC1. The van der Waals surface area contributed by atoms with Gasteiger partial charge in [0.1, 0.15) is 5.54 Å². The van der Waals surface area contributed by atoms with Crippen LogP contribution in [0.5, 0.6) is 0 Å². The number of likely N-dealkylation sites (tertiary alicyclic amines) is 1. The third-order valence-corrected chi connectivity index (χ3v) is 5.02. The molecule has 2 unspecified atom stereocenters. The zero-order valence-electron chi connectivity index (χ0n) is 14.0. The van der Waals surface area contributed by atoms with Crippen molar-refractivity contribution in [3.8, 4) is 0 Å². The molecule has 0 aromatic heterocycles. The Bertz CT molecular complexity index is 344. The number of ether oxygens (including phenoxy) is 1. The van der Waals surface area contributed by atoms with E-state index in [1.54, 1.807) is 0 Å². The lowest BCUT2D eigenvalue weighted by molar-refractivity contribution is -0.153. The van der Waals surface area contributed by atoms with Crippen LogP contribution in [0.25, 0.3) is 0 Å². The van der Waals surface area contributed by atoms with Gasteiger partial charge in [0.2, 0.25) is 0 Å². The Balaban J connectivity index is 2.08. The highest BCUT2D eigenvalue weighted by atomic mass is 16.5. The van der Waals surface area contributed by atoms with E-state index in [0.29, 0.717) is 12.5 Å². The van der Waals surface area contributed by atoms with E-state index in [2.05, 4.69) is 24.1 Å². The summed E-state index contributed by atoms with van der Waals surface area (Å²) in [7, 11) is 0. The van der Waals surface area contributed by atoms with E-state index >= 15 is 0 Å². The predicted octanol–water partition coefficient (Wildman–Crippen LogP) is 2.43. The molecule has 0 bridgehead atoms. The fourth-order valence-corrected chi connectivity index (χ4v) is 3.56. The number of nitrogens with zero attached hydrogens (tertiary/aromatic N) is 1. The van der Waals surface area contributed by atoms with Crippen molar-refractivity contribution in [2.75, 3.05) is 32.8 Å². The van der Waals surface area contributed by atoms with Crippen molar-refractivity contribution in [3.05, 3.63) is 0 Å². The molecule has 0 aromatic rings. The van der Waals surface area contributed by atoms with Gasteiger partial charge in [-0.05, 0) is 57.5 Å². The quantitative estimate of drug-likeness (QED) is 0.664. The van der Waals surface area contributed by atoms with Gasteiger partial charge in [0, 0.05) is 13.1 Å². The van der Waals surface area contributed by atoms with Gasteiger partial charge in [-0.15, -0.1) is 0 Å². The summed E-state index contributed by atoms with van der Waals surface area (Å²) in [5, 5.41) is 3.57. The molecule has 0 aromatic carbocycles. The van der Waals surface area contributed by atoms with Crippen molar-refractivity contribution in [1.82, 2.24) is 10.2 Å². The Morgan fingerprint density at radius 1 is 1.29 bits per heavy atom. The molecular weight excluding hydrogens is 264 g/mol. The van der Waals surface area contributed by atoms with E-state index in [4.69, 9.17) is 4.74 Å². The van der Waals surface area contributed by atoms with Gasteiger partial charge < -0.3 is 15.0 Å². The largest absolute Gasteiger partial charge is 0.465 e. The molecule has 0 amide bonds. The van der Waals surface area contributed by atoms with E-state index < -0.39 is 5.54 Å². The first-order chi connectivity index (χ1) is 10.2. The summed E-state index contributed by atoms with van der Waals surface area (Å²) in [5.74, 6) is 1.24. The minimum absolute atomic E-state index is 0.0269. The van der Waals surface area contributed by atoms with Crippen LogP contribution < -0.4 is 5.32 Å². The Kier molecular flexibility index (Phi) is 6.06. The first-order valence-corrected chi connectivity index (χ1v) is 8.80. The minimum atomic E-state index is -0.464. The second kappa shape index (κ2) is 7.59. The van der Waals surface area contributed by atoms with Crippen molar-refractivity contribution in [3.63, 3.8) is 0 Å². The summed E-state index contributed by atoms with van der Waals surface area (Å²) >= 11 is 0. The molecule has 1 aliphatic carbocycles. The highest BCUT2D eigenvalue weighted by molar-refractivity contribution is 5.82. The van der Waals surface area contributed by atoms with Gasteiger partial charge in [-0.2, -0.15) is 0 Å². The molecule has 4 heteroatoms. The number of rotatable bonds is 9. The third kappa shape index (κ3) is 3.98. The molecule has 122 valence electrons. The average Bonchev–Trinajstić information content (AvgIpc) is 3.24. The zero-order chi connectivity index (χ0) is 15.3. The summed E-state index contributed by atoms with van der Waals surface area (Å²) in [6.45, 7) is 10.8. The molecule has 21 heavy (non-hydrogen) atoms. The lowest BCUT2D eigenvalue weighted by atomic mass is 9.91. The average molecular weight is 296 g/mol. The van der Waals surface area contributed by atoms with Crippen LogP contribution in [0.2, 0.25) is 0 Å². The Morgan fingerprint density at radius 3 is 2.57 bits per heavy atom. The summed E-state index contributed by atoms with van der Waals surface area (Å²) in [4.78, 5) is 15.2. The Hall–Kier alpha value is -0.610. The third-order valence-electron chi connectivity index (χ3n) is 5.02. The van der Waals surface area contributed by atoms with Crippen LogP contribution in [-0.4, -0.2) is 49.2 Å². The molecule has 2 fully saturated rings. The van der Waals surface area contributed by atoms with Crippen molar-refractivity contribution in [2.45, 2.75) is 58.4 Å². The van der Waals surface area contributed by atoms with E-state index in [1.165, 1.54) is 12.8 Å². The van der Waals surface area contributed by atoms with Crippen LogP contribution in [-0.2, 0) is 9.53 Å². The van der Waals surface area contributed by atoms with Gasteiger partial charge >= 0.3 is 5.97 Å². The lowest BCUT2D eigenvalue weighted by Crippen LogP contribution is -2.61. The molecule has 2 rings (SSSR count). The molecule has 1 aliphatic heterocycles. The van der Waals surface area contributed by atoms with Crippen molar-refractivity contribution in [2.24, 2.45) is 11.8 Å². The van der Waals surface area contributed by atoms with Gasteiger partial charge in [-0.3, -0.25) is 0 Å². The highest BCUT2D eigenvalue weighted by Gasteiger charge is 2.52. The Labute approximate surface area is 129 Å². The zero-order valence-corrected chi connectivity index (χ0v) is 14.0. The molecule has 0 radical (unpaired) electrons. The maximum atomic E-state index is 12.7. The predicted molar refractivity (Wildman–Crippen MR) is 85.2 cm³/mol. The second-order valence-corrected chi connectivity index (χ2v) is 6.69. The number of hydrogen-bond donors (Lipinski definition) is 1. The van der Waals surface area contributed by atoms with E-state index in [9.17, 15) is 4.79 Å². The summed E-state index contributed by atoms with van der Waals surface area (Å²) in [6.07, 6.45) is 5.87. The van der Waals surface area contributed by atoms with Crippen LogP contribution in [0.15, 0.2) is 0 Å². The fourth-order valence-electron chi connectivity index (χ4n) is 3.56. The highest BCUT2D eigenvalue weighted by Crippen LogP contribution is 2.41. The molecule has 1 saturated heterocycles. The van der Waals surface area contributed by atoms with E-state index in [1.807, 2.05) is 6.92 Å². The van der Waals surface area contributed by atoms with Crippen LogP contribution >= 0.6 is 0 Å². The van der Waals surface area contributed by atoms with Gasteiger partial charge in [0.25, 0.3) is 0 Å². The smallest absolute Gasteiger partial charge is 0.327 e. The maximum absolute atomic E-state index is 12.7. The molecule has 1 N–H and O–H groups in total. The van der Waals surface area contributed by atoms with E-state index in [-0.39, 0.29) is 5.97 Å². The fraction of sp³-hybridized carbons (Fsp3) is 0.941. The second-order valence-electron chi connectivity index (χ2n) is 6.69. The van der Waals surface area contributed by atoms with Crippen LogP contribution in [0.4, 0.5) is 0 Å². The topological polar surface area (TPSA) is 41.6 Å². The molecule has 1 heterocycles. The maximum Gasteiger partial charge on any atom is 0.327 e. The minimum Gasteiger partial charge on any atom is -0.465 e. The van der Waals surface area contributed by atoms with Crippen molar-refractivity contribution in [1.29, 1.82) is 0 Å². The van der Waals surface area contributed by atoms with Gasteiger partial charge in [0.05, 0.1) is 6.61 Å². The standard InChI is InChI=1S/C17H32N2O2/c1-4-10-18-17(15-7-8-15,16(20)21-6-3)13-19-11-9-14(5-2)12-19/h14-15,18H,4-13H2,1-3H3. The number of esters is 1. The first kappa shape index (κ1) is 16.8. The molecular formula is C17H32N2O2. The molecule has 2 aliphatic rings. The number of carbonyl (C=O) groups is 1. The molecule has 0 spiro atoms. The van der Waals surface area contributed by atoms with Crippen LogP contribution in [0.3, 0.4) is 0 Å². The molecule has 4 nitrogen and oxygen atoms in total. The van der Waals surface area contributed by atoms with Gasteiger partial charge in [-0.1, -0.05) is 20.3 Å². The van der Waals surface area contributed by atoms with Gasteiger partial charge in [-0.25, -0.2) is 4.79 Å². The lowest BCUT2D eigenvalue weighted by Gasteiger charge is -2.36. The van der Waals surface area contributed by atoms with Gasteiger partial charge in [0.15, 0.2) is 0 Å². The summed E-state index contributed by atoms with van der Waals surface area (Å²) < 4.78 is 5.44. The first-order valence-electron chi connectivity index (χ1n) is 8.80. The summed E-state index contributed by atoms with van der Waals surface area (Å²) in [5.41, 5.74) is -0.464. The molecule has 1 saturated carbocycles. The van der Waals surface area contributed by atoms with Crippen LogP contribution in [0.1, 0.15) is 52.9 Å². The van der Waals surface area contributed by atoms with E-state index in [0.717, 1.165) is 51.4 Å². The van der Waals surface area contributed by atoms with Crippen molar-refractivity contribution < 1.29 is 9.53 Å². The summed E-state index contributed by atoms with van der Waals surface area (Å²) in [6, 6.07) is 0. The monoisotopic (exact) mass is 296 g/mol. The van der Waals surface area contributed by atoms with Crippen molar-refractivity contribution >= 4 is 5.97 Å². The normalized spacial score (nSPS) is 25.8. The Morgan fingerprint density at radius 2 is 2.05 bits per heavy atom. The number of carbonyl (C=O) groups excluding carboxylic acids is 1. The number of hydrogen-bond acceptors (Lipinski definition) is 4. The number of nitrogens with one attached hydrogen (secondary N) is 1.